The number of halogens is 3. The zero-order valence-electron chi connectivity index (χ0n) is 11.8. The van der Waals surface area contributed by atoms with Crippen LogP contribution >= 0.6 is 11.3 Å². The summed E-state index contributed by atoms with van der Waals surface area (Å²) in [6.45, 7) is -0.00613. The smallest absolute Gasteiger partial charge is 0.434 e. The minimum Gasteiger partial charge on any atom is -0.481 e. The summed E-state index contributed by atoms with van der Waals surface area (Å²) in [6, 6.07) is 0. The number of thiazole rings is 1. The summed E-state index contributed by atoms with van der Waals surface area (Å²) in [5.74, 6) is -2.05. The van der Waals surface area contributed by atoms with Crippen molar-refractivity contribution in [2.24, 2.45) is 11.8 Å². The van der Waals surface area contributed by atoms with E-state index in [1.165, 1.54) is 11.9 Å². The molecule has 1 amide bonds. The van der Waals surface area contributed by atoms with Crippen LogP contribution < -0.4 is 0 Å². The molecule has 1 aromatic heterocycles. The molecule has 1 aliphatic carbocycles. The van der Waals surface area contributed by atoms with E-state index in [0.29, 0.717) is 12.8 Å². The second-order valence-electron chi connectivity index (χ2n) is 5.36. The first-order chi connectivity index (χ1) is 10.2. The summed E-state index contributed by atoms with van der Waals surface area (Å²) in [7, 11) is 1.49. The predicted octanol–water partition coefficient (Wildman–Crippen LogP) is 2.62. The highest BCUT2D eigenvalue weighted by Crippen LogP contribution is 2.33. The Morgan fingerprint density at radius 2 is 2.05 bits per heavy atom. The average Bonchev–Trinajstić information content (AvgIpc) is 3.05. The van der Waals surface area contributed by atoms with E-state index in [1.54, 1.807) is 0 Å². The number of carbonyl (C=O) groups is 2. The van der Waals surface area contributed by atoms with Crippen LogP contribution in [0.5, 0.6) is 0 Å². The summed E-state index contributed by atoms with van der Waals surface area (Å²) >= 11 is 0.851. The first-order valence-electron chi connectivity index (χ1n) is 6.68. The monoisotopic (exact) mass is 336 g/mol. The summed E-state index contributed by atoms with van der Waals surface area (Å²) in [5, 5.41) is 10.1. The van der Waals surface area contributed by atoms with Crippen LogP contribution in [0.25, 0.3) is 0 Å². The Morgan fingerprint density at radius 1 is 1.41 bits per heavy atom. The van der Waals surface area contributed by atoms with E-state index < -0.39 is 23.8 Å². The van der Waals surface area contributed by atoms with Crippen molar-refractivity contribution in [2.45, 2.75) is 32.0 Å². The molecule has 0 bridgehead atoms. The van der Waals surface area contributed by atoms with Crippen LogP contribution in [0.1, 0.15) is 30.0 Å². The Hall–Kier alpha value is -1.64. The molecule has 9 heteroatoms. The Balaban J connectivity index is 1.95. The summed E-state index contributed by atoms with van der Waals surface area (Å²) in [6.07, 6.45) is -3.26. The number of aromatic nitrogens is 1. The van der Waals surface area contributed by atoms with E-state index in [-0.39, 0.29) is 29.8 Å². The lowest BCUT2D eigenvalue weighted by Crippen LogP contribution is -2.31. The normalized spacial score (nSPS) is 21.8. The molecule has 0 radical (unpaired) electrons. The van der Waals surface area contributed by atoms with E-state index in [1.807, 2.05) is 0 Å². The second kappa shape index (κ2) is 6.23. The first kappa shape index (κ1) is 16.7. The van der Waals surface area contributed by atoms with Crippen molar-refractivity contribution in [3.8, 4) is 0 Å². The number of hydrogen-bond donors (Lipinski definition) is 1. The number of aliphatic carboxylic acids is 1. The molecule has 1 aliphatic rings. The first-order valence-corrected chi connectivity index (χ1v) is 7.56. The van der Waals surface area contributed by atoms with E-state index in [2.05, 4.69) is 4.98 Å². The number of carbonyl (C=O) groups excluding carboxylic acids is 1. The molecule has 0 aliphatic heterocycles. The third kappa shape index (κ3) is 3.76. The molecule has 0 saturated heterocycles. The van der Waals surface area contributed by atoms with Gasteiger partial charge in [0.25, 0.3) is 0 Å². The van der Waals surface area contributed by atoms with E-state index in [9.17, 15) is 22.8 Å². The van der Waals surface area contributed by atoms with Gasteiger partial charge >= 0.3 is 12.1 Å². The molecule has 0 aromatic carbocycles. The predicted molar refractivity (Wildman–Crippen MR) is 72.1 cm³/mol. The van der Waals surface area contributed by atoms with Crippen LogP contribution in [0, 0.1) is 11.8 Å². The summed E-state index contributed by atoms with van der Waals surface area (Å²) < 4.78 is 37.4. The quantitative estimate of drug-likeness (QED) is 0.917. The van der Waals surface area contributed by atoms with Crippen LogP contribution in [0.4, 0.5) is 13.2 Å². The van der Waals surface area contributed by atoms with Crippen molar-refractivity contribution in [2.75, 3.05) is 7.05 Å². The van der Waals surface area contributed by atoms with Crippen molar-refractivity contribution in [3.63, 3.8) is 0 Å². The molecule has 22 heavy (non-hydrogen) atoms. The maximum atomic E-state index is 12.5. The van der Waals surface area contributed by atoms with Crippen LogP contribution in [0.15, 0.2) is 5.38 Å². The highest BCUT2D eigenvalue weighted by molar-refractivity contribution is 7.09. The van der Waals surface area contributed by atoms with Crippen LogP contribution in [-0.4, -0.2) is 33.9 Å². The van der Waals surface area contributed by atoms with E-state index in [0.717, 1.165) is 16.7 Å². The van der Waals surface area contributed by atoms with Crippen molar-refractivity contribution in [3.05, 3.63) is 16.1 Å². The van der Waals surface area contributed by atoms with Gasteiger partial charge in [0.15, 0.2) is 5.69 Å². The third-order valence-corrected chi connectivity index (χ3v) is 4.56. The Morgan fingerprint density at radius 3 is 2.55 bits per heavy atom. The lowest BCUT2D eigenvalue weighted by atomic mass is 10.0. The van der Waals surface area contributed by atoms with Gasteiger partial charge in [-0.25, -0.2) is 4.98 Å². The number of carboxylic acids is 1. The van der Waals surface area contributed by atoms with Crippen molar-refractivity contribution >= 4 is 23.2 Å². The molecule has 122 valence electrons. The number of hydrogen-bond acceptors (Lipinski definition) is 4. The van der Waals surface area contributed by atoms with Gasteiger partial charge < -0.3 is 10.0 Å². The van der Waals surface area contributed by atoms with Gasteiger partial charge in [0, 0.05) is 18.3 Å². The zero-order valence-corrected chi connectivity index (χ0v) is 12.6. The van der Waals surface area contributed by atoms with Crippen LogP contribution in [0.3, 0.4) is 0 Å². The Bertz CT molecular complexity index is 573. The highest BCUT2D eigenvalue weighted by Gasteiger charge is 2.36. The maximum Gasteiger partial charge on any atom is 0.434 e. The van der Waals surface area contributed by atoms with Crippen molar-refractivity contribution < 1.29 is 27.9 Å². The third-order valence-electron chi connectivity index (χ3n) is 3.72. The fourth-order valence-electron chi connectivity index (χ4n) is 2.54. The molecule has 2 rings (SSSR count). The number of amides is 1. The van der Waals surface area contributed by atoms with Gasteiger partial charge in [0.1, 0.15) is 5.01 Å². The fraction of sp³-hybridized carbons (Fsp3) is 0.615. The van der Waals surface area contributed by atoms with Gasteiger partial charge in [-0.05, 0) is 19.3 Å². The zero-order chi connectivity index (χ0) is 16.5. The number of alkyl halides is 3. The van der Waals surface area contributed by atoms with E-state index in [4.69, 9.17) is 5.11 Å². The number of carboxylic acid groups (broad SMARTS) is 1. The molecular weight excluding hydrogens is 321 g/mol. The van der Waals surface area contributed by atoms with Gasteiger partial charge in [-0.1, -0.05) is 0 Å². The van der Waals surface area contributed by atoms with Gasteiger partial charge in [-0.2, -0.15) is 13.2 Å². The molecule has 1 saturated carbocycles. The molecule has 1 heterocycles. The van der Waals surface area contributed by atoms with Crippen LogP contribution in [-0.2, 0) is 22.3 Å². The molecule has 1 N–H and O–H groups in total. The van der Waals surface area contributed by atoms with Crippen LogP contribution in [0.2, 0.25) is 0 Å². The average molecular weight is 336 g/mol. The van der Waals surface area contributed by atoms with E-state index >= 15 is 0 Å². The lowest BCUT2D eigenvalue weighted by molar-refractivity contribution is -0.142. The lowest BCUT2D eigenvalue weighted by Gasteiger charge is -2.19. The Kier molecular flexibility index (Phi) is 4.74. The molecular formula is C13H15F3N2O3S. The SMILES string of the molecule is CN(Cc1nc(C(F)(F)F)cs1)C(=O)[C@@H]1CC[C@H](C(=O)O)C1. The molecule has 2 atom stereocenters. The minimum absolute atomic E-state index is 0.00613. The molecule has 1 fully saturated rings. The van der Waals surface area contributed by atoms with Gasteiger partial charge in [0.05, 0.1) is 12.5 Å². The van der Waals surface area contributed by atoms with Gasteiger partial charge in [-0.3, -0.25) is 9.59 Å². The van der Waals surface area contributed by atoms with Gasteiger partial charge in [-0.15, -0.1) is 11.3 Å². The molecule has 1 aromatic rings. The minimum atomic E-state index is -4.49. The number of rotatable bonds is 4. The molecule has 0 unspecified atom stereocenters. The van der Waals surface area contributed by atoms with Crippen molar-refractivity contribution in [1.29, 1.82) is 0 Å². The summed E-state index contributed by atoms with van der Waals surface area (Å²) in [4.78, 5) is 27.9. The largest absolute Gasteiger partial charge is 0.481 e. The topological polar surface area (TPSA) is 70.5 Å². The summed E-state index contributed by atoms with van der Waals surface area (Å²) in [5.41, 5.74) is -0.958. The molecule has 5 nitrogen and oxygen atoms in total. The fourth-order valence-corrected chi connectivity index (χ4v) is 3.39. The molecule has 0 spiro atoms. The highest BCUT2D eigenvalue weighted by atomic mass is 32.1. The second-order valence-corrected chi connectivity index (χ2v) is 6.31. The van der Waals surface area contributed by atoms with Crippen molar-refractivity contribution in [1.82, 2.24) is 9.88 Å². The standard InChI is InChI=1S/C13H15F3N2O3S/c1-18(5-10-17-9(6-22-10)13(14,15)16)11(19)7-2-3-8(4-7)12(20)21/h6-8H,2-5H2,1H3,(H,20,21)/t7-,8+/m1/s1. The van der Waals surface area contributed by atoms with Gasteiger partial charge in [0.2, 0.25) is 5.91 Å². The number of nitrogens with zero attached hydrogens (tertiary/aromatic N) is 2. The Labute approximate surface area is 128 Å². The maximum absolute atomic E-state index is 12.5.